The molecule has 0 aromatic heterocycles. The van der Waals surface area contributed by atoms with Crippen molar-refractivity contribution in [1.82, 2.24) is 0 Å². The second-order valence-corrected chi connectivity index (χ2v) is 5.64. The molecule has 2 aromatic rings. The Hall–Kier alpha value is -2.61. The molecule has 108 valence electrons. The van der Waals surface area contributed by atoms with Crippen LogP contribution in [0.25, 0.3) is 16.7 Å². The Morgan fingerprint density at radius 2 is 1.64 bits per heavy atom. The summed E-state index contributed by atoms with van der Waals surface area (Å²) in [5.41, 5.74) is 8.53. The van der Waals surface area contributed by atoms with E-state index in [9.17, 15) is 4.79 Å². The molecule has 0 atom stereocenters. The van der Waals surface area contributed by atoms with Crippen LogP contribution >= 0.6 is 0 Å². The van der Waals surface area contributed by atoms with Gasteiger partial charge in [0.05, 0.1) is 7.11 Å². The molecule has 2 aliphatic rings. The molecule has 2 heteroatoms. The van der Waals surface area contributed by atoms with Crippen molar-refractivity contribution in [3.63, 3.8) is 0 Å². The first-order valence-corrected chi connectivity index (χ1v) is 7.51. The molecule has 4 rings (SSSR count). The quantitative estimate of drug-likeness (QED) is 0.583. The normalized spacial score (nSPS) is 17.0. The largest absolute Gasteiger partial charge is 0.466 e. The van der Waals surface area contributed by atoms with E-state index in [1.807, 2.05) is 6.07 Å². The second-order valence-electron chi connectivity index (χ2n) is 5.64. The maximum absolute atomic E-state index is 11.8. The first-order valence-electron chi connectivity index (χ1n) is 7.51. The summed E-state index contributed by atoms with van der Waals surface area (Å²) in [4.78, 5) is 11.8. The van der Waals surface area contributed by atoms with Gasteiger partial charge in [-0.1, -0.05) is 48.5 Å². The molecule has 0 bridgehead atoms. The molecular weight excluding hydrogens is 272 g/mol. The Balaban J connectivity index is 2.00. The molecule has 2 aromatic carbocycles. The van der Waals surface area contributed by atoms with Crippen LogP contribution in [0.1, 0.15) is 28.7 Å². The fourth-order valence-corrected chi connectivity index (χ4v) is 3.55. The van der Waals surface area contributed by atoms with Crippen LogP contribution in [0.5, 0.6) is 0 Å². The molecule has 0 spiro atoms. The van der Waals surface area contributed by atoms with E-state index in [4.69, 9.17) is 4.74 Å². The van der Waals surface area contributed by atoms with Gasteiger partial charge in [-0.15, -0.1) is 0 Å². The highest BCUT2D eigenvalue weighted by Gasteiger charge is 2.31. The van der Waals surface area contributed by atoms with Gasteiger partial charge in [-0.25, -0.2) is 4.79 Å². The first kappa shape index (κ1) is 13.1. The van der Waals surface area contributed by atoms with Crippen LogP contribution < -0.4 is 0 Å². The molecule has 0 heterocycles. The molecule has 2 aliphatic carbocycles. The summed E-state index contributed by atoms with van der Waals surface area (Å²) in [6.07, 6.45) is 3.69. The van der Waals surface area contributed by atoms with Crippen LogP contribution in [0.4, 0.5) is 0 Å². The van der Waals surface area contributed by atoms with E-state index >= 15 is 0 Å². The van der Waals surface area contributed by atoms with Gasteiger partial charge in [-0.05, 0) is 51.8 Å². The second kappa shape index (κ2) is 4.99. The maximum atomic E-state index is 11.8. The molecule has 0 fully saturated rings. The summed E-state index contributed by atoms with van der Waals surface area (Å²) < 4.78 is 4.86. The fraction of sp³-hybridized carbons (Fsp3) is 0.150. The third kappa shape index (κ3) is 1.84. The third-order valence-electron chi connectivity index (χ3n) is 4.51. The van der Waals surface area contributed by atoms with Crippen LogP contribution in [-0.2, 0) is 16.0 Å². The van der Waals surface area contributed by atoms with Crippen LogP contribution in [-0.4, -0.2) is 13.1 Å². The van der Waals surface area contributed by atoms with Crippen molar-refractivity contribution in [2.75, 3.05) is 7.11 Å². The summed E-state index contributed by atoms with van der Waals surface area (Å²) >= 11 is 0. The van der Waals surface area contributed by atoms with Crippen molar-refractivity contribution in [3.05, 3.63) is 76.9 Å². The smallest absolute Gasteiger partial charge is 0.331 e. The minimum atomic E-state index is -0.304. The highest BCUT2D eigenvalue weighted by Crippen LogP contribution is 2.51. The first-order chi connectivity index (χ1) is 10.8. The summed E-state index contributed by atoms with van der Waals surface area (Å²) in [7, 11) is 1.42. The van der Waals surface area contributed by atoms with E-state index < -0.39 is 0 Å². The topological polar surface area (TPSA) is 26.3 Å². The zero-order chi connectivity index (χ0) is 15.1. The average molecular weight is 288 g/mol. The Labute approximate surface area is 129 Å². The van der Waals surface area contributed by atoms with E-state index in [0.29, 0.717) is 0 Å². The number of fused-ring (bicyclic) bond motifs is 4. The number of hydrogen-bond donors (Lipinski definition) is 0. The molecule has 2 nitrogen and oxygen atoms in total. The number of carbonyl (C=O) groups is 1. The minimum Gasteiger partial charge on any atom is -0.466 e. The summed E-state index contributed by atoms with van der Waals surface area (Å²) in [6.45, 7) is 0. The van der Waals surface area contributed by atoms with E-state index in [1.165, 1.54) is 34.9 Å². The van der Waals surface area contributed by atoms with Crippen LogP contribution in [0.15, 0.2) is 54.6 Å². The lowest BCUT2D eigenvalue weighted by molar-refractivity contribution is -0.134. The predicted molar refractivity (Wildman–Crippen MR) is 88.0 cm³/mol. The SMILES string of the molecule is COC(=O)/C=C1\C2=C(CCc3ccccc32)c2ccccc21. The Kier molecular flexibility index (Phi) is 2.97. The van der Waals surface area contributed by atoms with Crippen LogP contribution in [0.3, 0.4) is 0 Å². The predicted octanol–water partition coefficient (Wildman–Crippen LogP) is 4.11. The monoisotopic (exact) mass is 288 g/mol. The fourth-order valence-electron chi connectivity index (χ4n) is 3.55. The van der Waals surface area contributed by atoms with Crippen molar-refractivity contribution in [1.29, 1.82) is 0 Å². The zero-order valence-corrected chi connectivity index (χ0v) is 12.4. The van der Waals surface area contributed by atoms with Gasteiger partial charge in [0.15, 0.2) is 0 Å². The minimum absolute atomic E-state index is 0.304. The molecule has 0 radical (unpaired) electrons. The number of allylic oxidation sites excluding steroid dienone is 3. The Bertz CT molecular complexity index is 840. The third-order valence-corrected chi connectivity index (χ3v) is 4.51. The molecule has 0 unspecified atom stereocenters. The van der Waals surface area contributed by atoms with Crippen molar-refractivity contribution in [2.24, 2.45) is 0 Å². The molecule has 0 N–H and O–H groups in total. The summed E-state index contributed by atoms with van der Waals surface area (Å²) in [5, 5.41) is 0. The van der Waals surface area contributed by atoms with E-state index in [1.54, 1.807) is 6.08 Å². The Morgan fingerprint density at radius 3 is 2.41 bits per heavy atom. The van der Waals surface area contributed by atoms with Crippen molar-refractivity contribution in [3.8, 4) is 0 Å². The highest BCUT2D eigenvalue weighted by atomic mass is 16.5. The Morgan fingerprint density at radius 1 is 0.955 bits per heavy atom. The lowest BCUT2D eigenvalue weighted by atomic mass is 9.84. The number of carbonyl (C=O) groups excluding carboxylic acids is 1. The standard InChI is InChI=1S/C20H16O2/c1-22-19(21)12-18-16-9-5-4-8-15(16)17-11-10-13-6-2-3-7-14(13)20(17)18/h2-9,12H,10-11H2,1H3/b18-12-. The van der Waals surface area contributed by atoms with Gasteiger partial charge in [0, 0.05) is 6.08 Å². The number of benzene rings is 2. The van der Waals surface area contributed by atoms with Crippen LogP contribution in [0.2, 0.25) is 0 Å². The molecule has 0 saturated heterocycles. The average Bonchev–Trinajstić information content (AvgIpc) is 2.89. The van der Waals surface area contributed by atoms with Crippen molar-refractivity contribution < 1.29 is 9.53 Å². The van der Waals surface area contributed by atoms with E-state index in [-0.39, 0.29) is 5.97 Å². The van der Waals surface area contributed by atoms with Gasteiger partial charge in [-0.3, -0.25) is 0 Å². The molecule has 22 heavy (non-hydrogen) atoms. The van der Waals surface area contributed by atoms with Gasteiger partial charge in [0.25, 0.3) is 0 Å². The number of esters is 1. The van der Waals surface area contributed by atoms with E-state index in [2.05, 4.69) is 42.5 Å². The van der Waals surface area contributed by atoms with Gasteiger partial charge in [0.1, 0.15) is 0 Å². The van der Waals surface area contributed by atoms with Gasteiger partial charge in [0.2, 0.25) is 0 Å². The maximum Gasteiger partial charge on any atom is 0.331 e. The number of ether oxygens (including phenoxy) is 1. The number of methoxy groups -OCH3 is 1. The number of aryl methyl sites for hydroxylation is 1. The van der Waals surface area contributed by atoms with Crippen molar-refractivity contribution in [2.45, 2.75) is 12.8 Å². The number of hydrogen-bond acceptors (Lipinski definition) is 2. The summed E-state index contributed by atoms with van der Waals surface area (Å²) in [5.74, 6) is -0.304. The van der Waals surface area contributed by atoms with E-state index in [0.717, 1.165) is 24.0 Å². The summed E-state index contributed by atoms with van der Waals surface area (Å²) in [6, 6.07) is 16.8. The zero-order valence-electron chi connectivity index (χ0n) is 12.4. The molecule has 0 saturated carbocycles. The van der Waals surface area contributed by atoms with Crippen molar-refractivity contribution >= 4 is 22.7 Å². The van der Waals surface area contributed by atoms with Crippen LogP contribution in [0, 0.1) is 0 Å². The highest BCUT2D eigenvalue weighted by molar-refractivity contribution is 6.24. The van der Waals surface area contributed by atoms with Gasteiger partial charge >= 0.3 is 5.97 Å². The molecular formula is C20H16O2. The van der Waals surface area contributed by atoms with Gasteiger partial charge in [-0.2, -0.15) is 0 Å². The lowest BCUT2D eigenvalue weighted by Gasteiger charge is -2.19. The van der Waals surface area contributed by atoms with Gasteiger partial charge < -0.3 is 4.74 Å². The lowest BCUT2D eigenvalue weighted by Crippen LogP contribution is -2.02. The number of rotatable bonds is 1. The molecule has 0 amide bonds. The molecule has 0 aliphatic heterocycles.